The van der Waals surface area contributed by atoms with Gasteiger partial charge in [-0.3, -0.25) is 14.6 Å². The Morgan fingerprint density at radius 2 is 1.63 bits per heavy atom. The number of anilines is 1. The van der Waals surface area contributed by atoms with Gasteiger partial charge in [-0.15, -0.1) is 0 Å². The fourth-order valence-corrected chi connectivity index (χ4v) is 2.76. The Morgan fingerprint density at radius 3 is 2.27 bits per heavy atom. The van der Waals surface area contributed by atoms with Crippen LogP contribution in [0.1, 0.15) is 19.3 Å². The van der Waals surface area contributed by atoms with Crippen LogP contribution < -0.4 is 10.3 Å². The molecule has 0 aliphatic carbocycles. The number of rotatable bonds is 13. The predicted octanol–water partition coefficient (Wildman–Crippen LogP) is 2.55. The highest BCUT2D eigenvalue weighted by Crippen LogP contribution is 2.28. The van der Waals surface area contributed by atoms with Gasteiger partial charge in [-0.2, -0.15) is 5.10 Å². The highest BCUT2D eigenvalue weighted by Gasteiger charge is 2.18. The molecule has 0 atom stereocenters. The zero-order valence-corrected chi connectivity index (χ0v) is 18.0. The number of halogens is 2. The minimum atomic E-state index is -0.892. The molecule has 0 saturated heterocycles. The molecule has 1 aliphatic heterocycles. The zero-order chi connectivity index (χ0) is 21.8. The van der Waals surface area contributed by atoms with Crippen LogP contribution >= 0.6 is 23.2 Å². The fourth-order valence-electron chi connectivity index (χ4n) is 2.47. The summed E-state index contributed by atoms with van der Waals surface area (Å²) in [6, 6.07) is 5.26. The number of nitrogens with zero attached hydrogens (tertiary/aromatic N) is 2. The number of nitrogens with one attached hydrogen (secondary N) is 1. The summed E-state index contributed by atoms with van der Waals surface area (Å²) in [5, 5.41) is 18.3. The van der Waals surface area contributed by atoms with Gasteiger partial charge in [0.05, 0.1) is 68.2 Å². The van der Waals surface area contributed by atoms with Crippen LogP contribution in [0.5, 0.6) is 0 Å². The van der Waals surface area contributed by atoms with Crippen molar-refractivity contribution < 1.29 is 28.9 Å². The molecule has 0 unspecified atom stereocenters. The number of hydrazone groups is 1. The molecule has 1 aromatic carbocycles. The summed E-state index contributed by atoms with van der Waals surface area (Å²) in [6.07, 6.45) is 0.810. The van der Waals surface area contributed by atoms with Crippen LogP contribution in [0.4, 0.5) is 5.69 Å². The summed E-state index contributed by atoms with van der Waals surface area (Å²) in [4.78, 5) is 22.3. The van der Waals surface area contributed by atoms with Crippen LogP contribution in [-0.2, 0) is 23.8 Å². The van der Waals surface area contributed by atoms with Gasteiger partial charge in [-0.05, 0) is 18.2 Å². The lowest BCUT2D eigenvalue weighted by molar-refractivity contribution is -0.138. The number of aliphatic carboxylic acids is 1. The smallest absolute Gasteiger partial charge is 0.305 e. The van der Waals surface area contributed by atoms with Gasteiger partial charge in [0.1, 0.15) is 5.84 Å². The number of hydrogen-bond donors (Lipinski definition) is 2. The minimum Gasteiger partial charge on any atom is -0.481 e. The maximum Gasteiger partial charge on any atom is 0.305 e. The maximum atomic E-state index is 12.0. The molecule has 2 N–H and O–H groups in total. The molecular formula is C19H25Cl2N3O6. The van der Waals surface area contributed by atoms with Crippen molar-refractivity contribution in [3.63, 3.8) is 0 Å². The maximum absolute atomic E-state index is 12.0. The first-order chi connectivity index (χ1) is 14.5. The van der Waals surface area contributed by atoms with Gasteiger partial charge in [0.2, 0.25) is 5.91 Å². The quantitative estimate of drug-likeness (QED) is 0.434. The van der Waals surface area contributed by atoms with E-state index in [1.54, 1.807) is 17.1 Å². The molecule has 1 aromatic rings. The Bertz CT molecular complexity index is 747. The molecule has 0 radical (unpaired) electrons. The van der Waals surface area contributed by atoms with Gasteiger partial charge in [-0.1, -0.05) is 23.2 Å². The van der Waals surface area contributed by atoms with E-state index in [2.05, 4.69) is 10.4 Å². The van der Waals surface area contributed by atoms with E-state index < -0.39 is 5.97 Å². The molecule has 1 heterocycles. The highest BCUT2D eigenvalue weighted by molar-refractivity contribution is 6.42. The van der Waals surface area contributed by atoms with E-state index in [9.17, 15) is 9.59 Å². The third-order valence-corrected chi connectivity index (χ3v) is 4.70. The molecule has 9 nitrogen and oxygen atoms in total. The van der Waals surface area contributed by atoms with E-state index >= 15 is 0 Å². The van der Waals surface area contributed by atoms with Gasteiger partial charge < -0.3 is 24.6 Å². The van der Waals surface area contributed by atoms with Crippen LogP contribution in [0, 0.1) is 0 Å². The van der Waals surface area contributed by atoms with E-state index in [-0.39, 0.29) is 32.0 Å². The number of carbonyl (C=O) groups excluding carboxylic acids is 1. The molecule has 2 rings (SSSR count). The van der Waals surface area contributed by atoms with Crippen molar-refractivity contribution in [3.05, 3.63) is 28.2 Å². The van der Waals surface area contributed by atoms with Gasteiger partial charge in [0, 0.05) is 13.0 Å². The summed E-state index contributed by atoms with van der Waals surface area (Å²) in [6.45, 7) is 2.50. The van der Waals surface area contributed by atoms with Crippen LogP contribution in [0.3, 0.4) is 0 Å². The largest absolute Gasteiger partial charge is 0.481 e. The standard InChI is InChI=1S/C19H25Cl2N3O6/c20-15-2-1-14(13-16(15)21)24-6-3-17(23-24)22-18(25)4-7-28-9-11-30-12-10-29-8-5-19(26)27/h1-2,13H,3-12H2,(H,26,27)(H,22,23,25). The van der Waals surface area contributed by atoms with Crippen molar-refractivity contribution in [2.45, 2.75) is 19.3 Å². The number of amides is 1. The van der Waals surface area contributed by atoms with Crippen molar-refractivity contribution in [2.75, 3.05) is 51.2 Å². The summed E-state index contributed by atoms with van der Waals surface area (Å²) in [5.74, 6) is -0.466. The summed E-state index contributed by atoms with van der Waals surface area (Å²) >= 11 is 12.0. The second kappa shape index (κ2) is 13.4. The van der Waals surface area contributed by atoms with Gasteiger partial charge in [-0.25, -0.2) is 0 Å². The van der Waals surface area contributed by atoms with Gasteiger partial charge >= 0.3 is 5.97 Å². The third kappa shape index (κ3) is 9.27. The number of carboxylic acids is 1. The number of hydrogen-bond acceptors (Lipinski definition) is 7. The Hall–Kier alpha value is -1.91. The molecule has 0 fully saturated rings. The van der Waals surface area contributed by atoms with E-state index in [0.29, 0.717) is 55.3 Å². The predicted molar refractivity (Wildman–Crippen MR) is 113 cm³/mol. The number of amidine groups is 1. The minimum absolute atomic E-state index is 0.0227. The monoisotopic (exact) mass is 461 g/mol. The normalized spacial score (nSPS) is 13.4. The third-order valence-electron chi connectivity index (χ3n) is 3.96. The zero-order valence-electron chi connectivity index (χ0n) is 16.4. The molecule has 1 aliphatic rings. The molecule has 11 heteroatoms. The van der Waals surface area contributed by atoms with E-state index in [1.165, 1.54) is 0 Å². The second-order valence-corrected chi connectivity index (χ2v) is 7.11. The Kier molecular flexibility index (Phi) is 10.9. The van der Waals surface area contributed by atoms with Crippen molar-refractivity contribution >= 4 is 46.6 Å². The highest BCUT2D eigenvalue weighted by atomic mass is 35.5. The molecule has 166 valence electrons. The van der Waals surface area contributed by atoms with Crippen molar-refractivity contribution in [1.29, 1.82) is 0 Å². The van der Waals surface area contributed by atoms with Crippen LogP contribution in [0.25, 0.3) is 0 Å². The lowest BCUT2D eigenvalue weighted by Gasteiger charge is -2.13. The molecule has 0 spiro atoms. The Balaban J connectivity index is 1.52. The Morgan fingerprint density at radius 1 is 1.00 bits per heavy atom. The average Bonchev–Trinajstić information content (AvgIpc) is 3.16. The number of carbonyl (C=O) groups is 2. The van der Waals surface area contributed by atoms with Crippen molar-refractivity contribution in [1.82, 2.24) is 5.32 Å². The van der Waals surface area contributed by atoms with Crippen LogP contribution in [0.15, 0.2) is 23.3 Å². The lowest BCUT2D eigenvalue weighted by atomic mass is 10.3. The number of carboxylic acid groups (broad SMARTS) is 1. The van der Waals surface area contributed by atoms with Crippen LogP contribution in [-0.4, -0.2) is 69.0 Å². The first-order valence-corrected chi connectivity index (χ1v) is 10.3. The molecular weight excluding hydrogens is 437 g/mol. The van der Waals surface area contributed by atoms with E-state index in [4.69, 9.17) is 42.5 Å². The fraction of sp³-hybridized carbons (Fsp3) is 0.526. The van der Waals surface area contributed by atoms with E-state index in [1.807, 2.05) is 6.07 Å². The molecule has 30 heavy (non-hydrogen) atoms. The average molecular weight is 462 g/mol. The summed E-state index contributed by atoms with van der Waals surface area (Å²) in [7, 11) is 0. The topological polar surface area (TPSA) is 110 Å². The SMILES string of the molecule is O=C(O)CCOCCOCCOCCC(=O)NC1=NN(c2ccc(Cl)c(Cl)c2)CC1. The molecule has 0 bridgehead atoms. The number of ether oxygens (including phenoxy) is 3. The van der Waals surface area contributed by atoms with Gasteiger partial charge in [0.15, 0.2) is 0 Å². The first-order valence-electron chi connectivity index (χ1n) is 9.50. The van der Waals surface area contributed by atoms with Crippen LogP contribution in [0.2, 0.25) is 10.0 Å². The van der Waals surface area contributed by atoms with Crippen molar-refractivity contribution in [3.8, 4) is 0 Å². The van der Waals surface area contributed by atoms with Gasteiger partial charge in [0.25, 0.3) is 0 Å². The Labute approximate surface area is 184 Å². The summed E-state index contributed by atoms with van der Waals surface area (Å²) < 4.78 is 15.7. The second-order valence-electron chi connectivity index (χ2n) is 6.30. The number of benzene rings is 1. The lowest BCUT2D eigenvalue weighted by Crippen LogP contribution is -2.30. The summed E-state index contributed by atoms with van der Waals surface area (Å²) in [5.41, 5.74) is 0.810. The van der Waals surface area contributed by atoms with E-state index in [0.717, 1.165) is 5.69 Å². The molecule has 0 saturated carbocycles. The van der Waals surface area contributed by atoms with Crippen molar-refractivity contribution in [2.24, 2.45) is 5.10 Å². The first kappa shape index (κ1) is 24.4. The molecule has 0 aromatic heterocycles. The molecule has 1 amide bonds.